The van der Waals surface area contributed by atoms with E-state index < -0.39 is 10.0 Å². The molecule has 3 rings (SSSR count). The number of carbonyl (C=O) groups is 2. The molecule has 29 heavy (non-hydrogen) atoms. The molecule has 1 aromatic rings. The number of rotatable bonds is 6. The molecule has 7 nitrogen and oxygen atoms in total. The van der Waals surface area contributed by atoms with Crippen molar-refractivity contribution in [2.75, 3.05) is 26.7 Å². The summed E-state index contributed by atoms with van der Waals surface area (Å²) in [6.45, 7) is 1.03. The zero-order valence-electron chi connectivity index (χ0n) is 16.6. The fraction of sp³-hybridized carbons (Fsp3) is 0.684. The lowest BCUT2D eigenvalue weighted by molar-refractivity contribution is -0.137. The number of likely N-dealkylation sites (N-methyl/N-ethyl adjacent to an activating group) is 1. The van der Waals surface area contributed by atoms with Crippen molar-refractivity contribution in [3.8, 4) is 0 Å². The van der Waals surface area contributed by atoms with Crippen LogP contribution < -0.4 is 5.32 Å². The Labute approximate surface area is 181 Å². The molecule has 1 aromatic heterocycles. The number of carbonyl (C=O) groups excluding carboxylic acids is 2. The van der Waals surface area contributed by atoms with E-state index in [-0.39, 0.29) is 34.5 Å². The van der Waals surface area contributed by atoms with Gasteiger partial charge in [0, 0.05) is 32.1 Å². The van der Waals surface area contributed by atoms with Crippen LogP contribution >= 0.6 is 22.9 Å². The number of nitrogens with one attached hydrogen (secondary N) is 1. The molecule has 1 N–H and O–H groups in total. The molecule has 1 aliphatic heterocycles. The third-order valence-electron chi connectivity index (χ3n) is 5.71. The summed E-state index contributed by atoms with van der Waals surface area (Å²) in [5, 5.41) is 2.91. The van der Waals surface area contributed by atoms with Crippen LogP contribution in [0.3, 0.4) is 0 Å². The highest BCUT2D eigenvalue weighted by Crippen LogP contribution is 2.28. The zero-order valence-corrected chi connectivity index (χ0v) is 19.0. The lowest BCUT2D eigenvalue weighted by Gasteiger charge is -2.35. The Morgan fingerprint density at radius 3 is 2.41 bits per heavy atom. The number of piperidine rings is 1. The van der Waals surface area contributed by atoms with Crippen LogP contribution in [-0.4, -0.2) is 62.2 Å². The number of halogens is 1. The number of amides is 2. The second-order valence-corrected chi connectivity index (χ2v) is 11.8. The predicted octanol–water partition coefficient (Wildman–Crippen LogP) is 2.71. The number of thiophene rings is 1. The van der Waals surface area contributed by atoms with Crippen LogP contribution in [0.4, 0.5) is 0 Å². The molecule has 1 aliphatic carbocycles. The van der Waals surface area contributed by atoms with Gasteiger partial charge in [-0.2, -0.15) is 4.31 Å². The third kappa shape index (κ3) is 5.71. The second kappa shape index (κ2) is 9.76. The fourth-order valence-corrected chi connectivity index (χ4v) is 6.82. The van der Waals surface area contributed by atoms with Crippen LogP contribution in [0.2, 0.25) is 4.34 Å². The van der Waals surface area contributed by atoms with E-state index in [1.165, 1.54) is 25.6 Å². The lowest BCUT2D eigenvalue weighted by Crippen LogP contribution is -2.50. The van der Waals surface area contributed by atoms with Gasteiger partial charge in [-0.25, -0.2) is 8.42 Å². The summed E-state index contributed by atoms with van der Waals surface area (Å²) in [5.41, 5.74) is 0. The van der Waals surface area contributed by atoms with Crippen molar-refractivity contribution in [3.63, 3.8) is 0 Å². The second-order valence-electron chi connectivity index (χ2n) is 7.82. The third-order valence-corrected chi connectivity index (χ3v) is 9.21. The number of likely N-dealkylation sites (tertiary alicyclic amines) is 1. The molecule has 1 saturated heterocycles. The Morgan fingerprint density at radius 1 is 1.17 bits per heavy atom. The van der Waals surface area contributed by atoms with Crippen molar-refractivity contribution >= 4 is 44.8 Å². The molecule has 0 unspecified atom stereocenters. The minimum atomic E-state index is -3.73. The lowest BCUT2D eigenvalue weighted by atomic mass is 9.87. The van der Waals surface area contributed by atoms with Gasteiger partial charge in [-0.15, -0.1) is 11.3 Å². The van der Waals surface area contributed by atoms with Gasteiger partial charge in [0.15, 0.2) is 0 Å². The molecule has 10 heteroatoms. The van der Waals surface area contributed by atoms with E-state index in [4.69, 9.17) is 11.6 Å². The van der Waals surface area contributed by atoms with Gasteiger partial charge in [-0.05, 0) is 37.8 Å². The molecular formula is C19H28ClN3O4S2. The van der Waals surface area contributed by atoms with Crippen molar-refractivity contribution in [1.29, 1.82) is 0 Å². The molecule has 2 heterocycles. The molecule has 1 saturated carbocycles. The van der Waals surface area contributed by atoms with E-state index in [1.54, 1.807) is 0 Å². The normalized spacial score (nSPS) is 19.5. The Kier molecular flexibility index (Phi) is 7.58. The Balaban J connectivity index is 1.45. The van der Waals surface area contributed by atoms with Crippen LogP contribution in [0.1, 0.15) is 44.9 Å². The van der Waals surface area contributed by atoms with E-state index in [2.05, 4.69) is 5.32 Å². The summed E-state index contributed by atoms with van der Waals surface area (Å²) in [4.78, 5) is 26.9. The summed E-state index contributed by atoms with van der Waals surface area (Å²) in [5.74, 6) is 0.0881. The molecule has 0 bridgehead atoms. The maximum atomic E-state index is 12.6. The highest BCUT2D eigenvalue weighted by atomic mass is 35.5. The largest absolute Gasteiger partial charge is 0.352 e. The smallest absolute Gasteiger partial charge is 0.252 e. The molecule has 0 spiro atoms. The summed E-state index contributed by atoms with van der Waals surface area (Å²) in [6, 6.07) is 2.93. The van der Waals surface area contributed by atoms with Crippen LogP contribution in [0.15, 0.2) is 16.3 Å². The van der Waals surface area contributed by atoms with Crippen LogP contribution in [0.25, 0.3) is 0 Å². The van der Waals surface area contributed by atoms with Gasteiger partial charge in [0.25, 0.3) is 10.0 Å². The Hall–Kier alpha value is -1.16. The van der Waals surface area contributed by atoms with E-state index in [9.17, 15) is 18.0 Å². The van der Waals surface area contributed by atoms with Gasteiger partial charge in [-0.1, -0.05) is 30.9 Å². The standard InChI is InChI=1S/C19H28ClN3O4S2/c1-22(29(26,27)18-8-7-16(20)28-18)13-17(24)21-15-9-11-23(12-10-15)19(25)14-5-3-2-4-6-14/h7-8,14-15H,2-6,9-13H2,1H3,(H,21,24). The minimum Gasteiger partial charge on any atom is -0.352 e. The first-order valence-corrected chi connectivity index (χ1v) is 12.7. The van der Waals surface area contributed by atoms with Crippen molar-refractivity contribution in [2.45, 2.75) is 55.2 Å². The average Bonchev–Trinajstić information content (AvgIpc) is 3.16. The first kappa shape index (κ1) is 22.5. The quantitative estimate of drug-likeness (QED) is 0.705. The van der Waals surface area contributed by atoms with Crippen molar-refractivity contribution in [1.82, 2.24) is 14.5 Å². The molecule has 162 valence electrons. The topological polar surface area (TPSA) is 86.8 Å². The monoisotopic (exact) mass is 461 g/mol. The average molecular weight is 462 g/mol. The highest BCUT2D eigenvalue weighted by molar-refractivity contribution is 7.91. The van der Waals surface area contributed by atoms with Crippen LogP contribution in [-0.2, 0) is 19.6 Å². The van der Waals surface area contributed by atoms with Gasteiger partial charge in [-0.3, -0.25) is 9.59 Å². The summed E-state index contributed by atoms with van der Waals surface area (Å²) in [7, 11) is -2.35. The summed E-state index contributed by atoms with van der Waals surface area (Å²) < 4.78 is 26.5. The molecule has 0 atom stereocenters. The fourth-order valence-electron chi connectivity index (χ4n) is 4.00. The van der Waals surface area contributed by atoms with E-state index >= 15 is 0 Å². The van der Waals surface area contributed by atoms with Gasteiger partial charge >= 0.3 is 0 Å². The SMILES string of the molecule is CN(CC(=O)NC1CCN(C(=O)C2CCCCC2)CC1)S(=O)(=O)c1ccc(Cl)s1. The molecule has 2 fully saturated rings. The first-order valence-electron chi connectivity index (χ1n) is 10.1. The number of hydrogen-bond acceptors (Lipinski definition) is 5. The van der Waals surface area contributed by atoms with Gasteiger partial charge in [0.05, 0.1) is 10.9 Å². The molecule has 2 aliphatic rings. The molecule has 0 aromatic carbocycles. The van der Waals surface area contributed by atoms with Gasteiger partial charge < -0.3 is 10.2 Å². The van der Waals surface area contributed by atoms with E-state index in [1.807, 2.05) is 4.90 Å². The zero-order chi connectivity index (χ0) is 21.0. The van der Waals surface area contributed by atoms with E-state index in [0.29, 0.717) is 30.3 Å². The van der Waals surface area contributed by atoms with Crippen LogP contribution in [0.5, 0.6) is 0 Å². The van der Waals surface area contributed by atoms with Crippen LogP contribution in [0, 0.1) is 5.92 Å². The highest BCUT2D eigenvalue weighted by Gasteiger charge is 2.30. The maximum Gasteiger partial charge on any atom is 0.252 e. The Morgan fingerprint density at radius 2 is 1.83 bits per heavy atom. The summed E-state index contributed by atoms with van der Waals surface area (Å²) >= 11 is 6.78. The minimum absolute atomic E-state index is 0.0369. The van der Waals surface area contributed by atoms with Crippen molar-refractivity contribution in [3.05, 3.63) is 16.5 Å². The maximum absolute atomic E-state index is 12.6. The van der Waals surface area contributed by atoms with Crippen molar-refractivity contribution in [2.24, 2.45) is 5.92 Å². The number of hydrogen-bond donors (Lipinski definition) is 1. The molecule has 0 radical (unpaired) electrons. The van der Waals surface area contributed by atoms with Gasteiger partial charge in [0.2, 0.25) is 11.8 Å². The number of nitrogens with zero attached hydrogens (tertiary/aromatic N) is 2. The van der Waals surface area contributed by atoms with E-state index in [0.717, 1.165) is 41.3 Å². The number of sulfonamides is 1. The first-order chi connectivity index (χ1) is 13.8. The Bertz CT molecular complexity index is 828. The van der Waals surface area contributed by atoms with Crippen molar-refractivity contribution < 1.29 is 18.0 Å². The molecular weight excluding hydrogens is 434 g/mol. The summed E-state index contributed by atoms with van der Waals surface area (Å²) in [6.07, 6.45) is 6.87. The van der Waals surface area contributed by atoms with Gasteiger partial charge in [0.1, 0.15) is 4.21 Å². The predicted molar refractivity (Wildman–Crippen MR) is 113 cm³/mol. The molecule has 2 amide bonds.